The second kappa shape index (κ2) is 11.6. The number of nitrogens with two attached hydrogens (primary N) is 2. The summed E-state index contributed by atoms with van der Waals surface area (Å²) in [5.41, 5.74) is 11.2. The van der Waals surface area contributed by atoms with Crippen molar-refractivity contribution in [2.45, 2.75) is 18.9 Å². The van der Waals surface area contributed by atoms with E-state index in [1.165, 1.54) is 0 Å². The van der Waals surface area contributed by atoms with Crippen molar-refractivity contribution in [3.05, 3.63) is 0 Å². The highest BCUT2D eigenvalue weighted by atomic mass is 16.5. The van der Waals surface area contributed by atoms with Crippen LogP contribution in [0.15, 0.2) is 0 Å². The largest absolute Gasteiger partial charge is 0.378 e. The molecule has 19 heavy (non-hydrogen) atoms. The molecular formula is C13H29N3O3. The van der Waals surface area contributed by atoms with Crippen molar-refractivity contribution in [2.75, 3.05) is 65.8 Å². The summed E-state index contributed by atoms with van der Waals surface area (Å²) in [6.45, 7) is 7.58. The minimum absolute atomic E-state index is 0.395. The number of nitrogens with zero attached hydrogens (tertiary/aromatic N) is 1. The standard InChI is InChI=1S/C13H29N3O3/c14-3-7-17-9-11-19-12-10-18-8-6-16-4-1-13(15)2-5-16/h13H,1-12,14-15H2. The zero-order valence-corrected chi connectivity index (χ0v) is 11.9. The Hall–Kier alpha value is -0.240. The van der Waals surface area contributed by atoms with Gasteiger partial charge in [0, 0.05) is 19.1 Å². The van der Waals surface area contributed by atoms with Crippen LogP contribution in [0.25, 0.3) is 0 Å². The second-order valence-electron chi connectivity index (χ2n) is 4.80. The number of hydrogen-bond acceptors (Lipinski definition) is 6. The van der Waals surface area contributed by atoms with Crippen LogP contribution in [0.1, 0.15) is 12.8 Å². The molecule has 6 nitrogen and oxygen atoms in total. The molecule has 0 unspecified atom stereocenters. The van der Waals surface area contributed by atoms with Crippen molar-refractivity contribution < 1.29 is 14.2 Å². The first kappa shape index (κ1) is 16.8. The lowest BCUT2D eigenvalue weighted by molar-refractivity contribution is 0.0108. The summed E-state index contributed by atoms with van der Waals surface area (Å²) in [6.07, 6.45) is 2.21. The predicted molar refractivity (Wildman–Crippen MR) is 75.2 cm³/mol. The fourth-order valence-corrected chi connectivity index (χ4v) is 2.00. The Morgan fingerprint density at radius 3 is 1.95 bits per heavy atom. The lowest BCUT2D eigenvalue weighted by Gasteiger charge is -2.29. The summed E-state index contributed by atoms with van der Waals surface area (Å²) in [4.78, 5) is 2.41. The molecule has 0 bridgehead atoms. The van der Waals surface area contributed by atoms with E-state index in [1.807, 2.05) is 0 Å². The third kappa shape index (κ3) is 9.32. The Morgan fingerprint density at radius 2 is 1.37 bits per heavy atom. The summed E-state index contributed by atoms with van der Waals surface area (Å²) >= 11 is 0. The van der Waals surface area contributed by atoms with Crippen molar-refractivity contribution in [1.29, 1.82) is 0 Å². The summed E-state index contributed by atoms with van der Waals surface area (Å²) in [7, 11) is 0. The molecule has 0 aliphatic carbocycles. The van der Waals surface area contributed by atoms with Gasteiger partial charge in [-0.05, 0) is 25.9 Å². The second-order valence-corrected chi connectivity index (χ2v) is 4.80. The number of piperidine rings is 1. The van der Waals surface area contributed by atoms with Gasteiger partial charge >= 0.3 is 0 Å². The van der Waals surface area contributed by atoms with Gasteiger partial charge in [-0.15, -0.1) is 0 Å². The topological polar surface area (TPSA) is 83.0 Å². The van der Waals surface area contributed by atoms with E-state index < -0.39 is 0 Å². The molecule has 0 aromatic carbocycles. The highest BCUT2D eigenvalue weighted by Gasteiger charge is 2.14. The van der Waals surface area contributed by atoms with Crippen molar-refractivity contribution in [1.82, 2.24) is 4.90 Å². The van der Waals surface area contributed by atoms with Crippen LogP contribution in [-0.2, 0) is 14.2 Å². The molecule has 1 aliphatic heterocycles. The number of ether oxygens (including phenoxy) is 3. The van der Waals surface area contributed by atoms with Crippen molar-refractivity contribution in [2.24, 2.45) is 11.5 Å². The van der Waals surface area contributed by atoms with Crippen LogP contribution in [-0.4, -0.2) is 76.8 Å². The molecule has 0 spiro atoms. The highest BCUT2D eigenvalue weighted by molar-refractivity contribution is 4.73. The van der Waals surface area contributed by atoms with Gasteiger partial charge in [0.25, 0.3) is 0 Å². The molecule has 0 aromatic heterocycles. The van der Waals surface area contributed by atoms with E-state index in [9.17, 15) is 0 Å². The maximum absolute atomic E-state index is 5.86. The molecular weight excluding hydrogens is 246 g/mol. The van der Waals surface area contributed by atoms with E-state index >= 15 is 0 Å². The van der Waals surface area contributed by atoms with Crippen LogP contribution in [0, 0.1) is 0 Å². The first-order valence-electron chi connectivity index (χ1n) is 7.24. The molecule has 6 heteroatoms. The third-order valence-electron chi connectivity index (χ3n) is 3.19. The maximum atomic E-state index is 5.86. The lowest BCUT2D eigenvalue weighted by Crippen LogP contribution is -2.41. The molecule has 0 radical (unpaired) electrons. The van der Waals surface area contributed by atoms with E-state index in [4.69, 9.17) is 25.7 Å². The van der Waals surface area contributed by atoms with Gasteiger partial charge in [-0.3, -0.25) is 0 Å². The average Bonchev–Trinajstić information content (AvgIpc) is 2.43. The Labute approximate surface area is 116 Å². The van der Waals surface area contributed by atoms with Crippen LogP contribution in [0.3, 0.4) is 0 Å². The Kier molecular flexibility index (Phi) is 10.2. The zero-order valence-electron chi connectivity index (χ0n) is 11.9. The van der Waals surface area contributed by atoms with Crippen molar-refractivity contribution >= 4 is 0 Å². The van der Waals surface area contributed by atoms with Gasteiger partial charge in [-0.25, -0.2) is 0 Å². The van der Waals surface area contributed by atoms with E-state index in [-0.39, 0.29) is 0 Å². The van der Waals surface area contributed by atoms with Gasteiger partial charge in [-0.2, -0.15) is 0 Å². The third-order valence-corrected chi connectivity index (χ3v) is 3.19. The van der Waals surface area contributed by atoms with E-state index in [0.717, 1.165) is 39.1 Å². The smallest absolute Gasteiger partial charge is 0.0701 e. The Balaban J connectivity index is 1.76. The molecule has 1 heterocycles. The fourth-order valence-electron chi connectivity index (χ4n) is 2.00. The minimum Gasteiger partial charge on any atom is -0.378 e. The van der Waals surface area contributed by atoms with Gasteiger partial charge in [0.1, 0.15) is 0 Å². The van der Waals surface area contributed by atoms with Gasteiger partial charge in [0.15, 0.2) is 0 Å². The average molecular weight is 275 g/mol. The molecule has 1 fully saturated rings. The maximum Gasteiger partial charge on any atom is 0.0701 e. The molecule has 114 valence electrons. The molecule has 0 atom stereocenters. The lowest BCUT2D eigenvalue weighted by atomic mass is 10.1. The molecule has 1 aliphatic rings. The zero-order chi connectivity index (χ0) is 13.8. The van der Waals surface area contributed by atoms with Gasteiger partial charge in [0.2, 0.25) is 0 Å². The molecule has 0 amide bonds. The number of rotatable bonds is 11. The van der Waals surface area contributed by atoms with Gasteiger partial charge < -0.3 is 30.6 Å². The predicted octanol–water partition coefficient (Wildman–Crippen LogP) is -0.582. The fraction of sp³-hybridized carbons (Fsp3) is 1.00. The summed E-state index contributed by atoms with van der Waals surface area (Å²) in [6, 6.07) is 0.395. The minimum atomic E-state index is 0.395. The number of likely N-dealkylation sites (tertiary alicyclic amines) is 1. The van der Waals surface area contributed by atoms with Crippen molar-refractivity contribution in [3.63, 3.8) is 0 Å². The molecule has 1 rings (SSSR count). The van der Waals surface area contributed by atoms with Crippen LogP contribution < -0.4 is 11.5 Å². The monoisotopic (exact) mass is 275 g/mol. The first-order chi connectivity index (χ1) is 9.33. The summed E-state index contributed by atoms with van der Waals surface area (Å²) < 4.78 is 16.1. The number of hydrogen-bond donors (Lipinski definition) is 2. The van der Waals surface area contributed by atoms with Crippen LogP contribution in [0.2, 0.25) is 0 Å². The van der Waals surface area contributed by atoms with Crippen molar-refractivity contribution in [3.8, 4) is 0 Å². The quantitative estimate of drug-likeness (QED) is 0.491. The summed E-state index contributed by atoms with van der Waals surface area (Å²) in [5, 5.41) is 0. The van der Waals surface area contributed by atoms with E-state index in [1.54, 1.807) is 0 Å². The highest BCUT2D eigenvalue weighted by Crippen LogP contribution is 2.07. The van der Waals surface area contributed by atoms with Crippen LogP contribution in [0.5, 0.6) is 0 Å². The molecule has 0 aromatic rings. The SMILES string of the molecule is NCCOCCOCCOCCN1CCC(N)CC1. The first-order valence-corrected chi connectivity index (χ1v) is 7.24. The molecule has 4 N–H and O–H groups in total. The Bertz CT molecular complexity index is 200. The van der Waals surface area contributed by atoms with Crippen LogP contribution >= 0.6 is 0 Å². The van der Waals surface area contributed by atoms with E-state index in [2.05, 4.69) is 4.90 Å². The van der Waals surface area contributed by atoms with E-state index in [0.29, 0.717) is 45.6 Å². The van der Waals surface area contributed by atoms with Gasteiger partial charge in [0.05, 0.1) is 39.6 Å². The normalized spacial score (nSPS) is 18.0. The Morgan fingerprint density at radius 1 is 0.842 bits per heavy atom. The van der Waals surface area contributed by atoms with Crippen LogP contribution in [0.4, 0.5) is 0 Å². The molecule has 0 saturated carbocycles. The molecule has 1 saturated heterocycles. The summed E-state index contributed by atoms with van der Waals surface area (Å²) in [5.74, 6) is 0. The van der Waals surface area contributed by atoms with Gasteiger partial charge in [-0.1, -0.05) is 0 Å².